The average Bonchev–Trinajstić information content (AvgIpc) is 2.59. The Morgan fingerprint density at radius 3 is 1.78 bits per heavy atom. The van der Waals surface area contributed by atoms with Crippen molar-refractivity contribution in [3.8, 4) is 0 Å². The molecule has 23 heavy (non-hydrogen) atoms. The molecule has 0 spiro atoms. The second-order valence-corrected chi connectivity index (χ2v) is 6.56. The van der Waals surface area contributed by atoms with Crippen LogP contribution >= 0.6 is 0 Å². The monoisotopic (exact) mass is 318 g/mol. The second-order valence-electron chi connectivity index (χ2n) is 6.56. The zero-order valence-electron chi connectivity index (χ0n) is 15.7. The minimum absolute atomic E-state index is 0.976. The van der Waals surface area contributed by atoms with Crippen LogP contribution in [0.2, 0.25) is 0 Å². The molecule has 0 aliphatic rings. The molecule has 0 aliphatic heterocycles. The molecule has 0 unspecified atom stereocenters. The Bertz CT molecular complexity index is 360. The molecule has 2 heteroatoms. The Kier molecular flexibility index (Phi) is 11.7. The van der Waals surface area contributed by atoms with Gasteiger partial charge in [-0.25, -0.2) is 0 Å². The minimum atomic E-state index is 0.976. The van der Waals surface area contributed by atoms with Gasteiger partial charge in [-0.15, -0.1) is 0 Å². The standard InChI is InChI=1S/C21H38N2/c1-4-7-9-11-17-23(18-12-10-8-5-2)21-15-13-20(14-16-21)19-22-6-3/h13-16,22H,4-12,17-19H2,1-3H3. The predicted molar refractivity (Wildman–Crippen MR) is 104 cm³/mol. The van der Waals surface area contributed by atoms with Crippen LogP contribution in [-0.4, -0.2) is 19.6 Å². The molecular weight excluding hydrogens is 280 g/mol. The lowest BCUT2D eigenvalue weighted by atomic mass is 10.1. The third-order valence-corrected chi connectivity index (χ3v) is 4.44. The van der Waals surface area contributed by atoms with E-state index >= 15 is 0 Å². The van der Waals surface area contributed by atoms with Gasteiger partial charge in [0.2, 0.25) is 0 Å². The number of hydrogen-bond acceptors (Lipinski definition) is 2. The number of anilines is 1. The summed E-state index contributed by atoms with van der Waals surface area (Å²) in [5, 5.41) is 3.40. The van der Waals surface area contributed by atoms with Crippen molar-refractivity contribution in [2.45, 2.75) is 78.7 Å². The zero-order chi connectivity index (χ0) is 16.8. The van der Waals surface area contributed by atoms with Crippen molar-refractivity contribution in [3.05, 3.63) is 29.8 Å². The van der Waals surface area contributed by atoms with E-state index in [0.717, 1.165) is 13.1 Å². The van der Waals surface area contributed by atoms with Crippen LogP contribution in [0.5, 0.6) is 0 Å². The molecule has 2 nitrogen and oxygen atoms in total. The lowest BCUT2D eigenvalue weighted by Gasteiger charge is -2.25. The van der Waals surface area contributed by atoms with E-state index in [2.05, 4.69) is 55.3 Å². The van der Waals surface area contributed by atoms with Gasteiger partial charge in [-0.1, -0.05) is 71.4 Å². The highest BCUT2D eigenvalue weighted by Crippen LogP contribution is 2.18. The Labute approximate surface area is 144 Å². The first-order valence-electron chi connectivity index (χ1n) is 9.86. The average molecular weight is 319 g/mol. The van der Waals surface area contributed by atoms with Crippen molar-refractivity contribution >= 4 is 5.69 Å². The maximum absolute atomic E-state index is 3.40. The lowest BCUT2D eigenvalue weighted by Crippen LogP contribution is -2.25. The third-order valence-electron chi connectivity index (χ3n) is 4.44. The van der Waals surface area contributed by atoms with E-state index in [-0.39, 0.29) is 0 Å². The van der Waals surface area contributed by atoms with Gasteiger partial charge in [-0.2, -0.15) is 0 Å². The molecule has 0 aromatic heterocycles. The summed E-state index contributed by atoms with van der Waals surface area (Å²) in [5.41, 5.74) is 2.78. The van der Waals surface area contributed by atoms with Gasteiger partial charge in [0.25, 0.3) is 0 Å². The van der Waals surface area contributed by atoms with Crippen molar-refractivity contribution in [2.75, 3.05) is 24.5 Å². The molecule has 1 N–H and O–H groups in total. The normalized spacial score (nSPS) is 10.9. The summed E-state index contributed by atoms with van der Waals surface area (Å²) < 4.78 is 0. The Balaban J connectivity index is 2.53. The zero-order valence-corrected chi connectivity index (χ0v) is 15.7. The molecule has 1 rings (SSSR count). The van der Waals surface area contributed by atoms with Crippen LogP contribution in [0.25, 0.3) is 0 Å². The molecule has 0 radical (unpaired) electrons. The summed E-state index contributed by atoms with van der Waals surface area (Å²) in [6, 6.07) is 9.19. The highest BCUT2D eigenvalue weighted by Gasteiger charge is 2.06. The van der Waals surface area contributed by atoms with Gasteiger partial charge in [0.15, 0.2) is 0 Å². The number of rotatable bonds is 14. The lowest BCUT2D eigenvalue weighted by molar-refractivity contribution is 0.609. The van der Waals surface area contributed by atoms with Crippen LogP contribution in [0, 0.1) is 0 Å². The molecule has 132 valence electrons. The van der Waals surface area contributed by atoms with Crippen LogP contribution in [0.3, 0.4) is 0 Å². The molecule has 0 aliphatic carbocycles. The molecule has 1 aromatic carbocycles. The van der Waals surface area contributed by atoms with Gasteiger partial charge in [-0.3, -0.25) is 0 Å². The fourth-order valence-electron chi connectivity index (χ4n) is 2.92. The fourth-order valence-corrected chi connectivity index (χ4v) is 2.92. The molecule has 0 bridgehead atoms. The van der Waals surface area contributed by atoms with E-state index in [4.69, 9.17) is 0 Å². The first-order chi connectivity index (χ1) is 11.3. The first kappa shape index (κ1) is 20.0. The highest BCUT2D eigenvalue weighted by molar-refractivity contribution is 5.47. The Hall–Kier alpha value is -1.02. The van der Waals surface area contributed by atoms with E-state index in [1.807, 2.05) is 0 Å². The van der Waals surface area contributed by atoms with Gasteiger partial charge < -0.3 is 10.2 Å². The first-order valence-corrected chi connectivity index (χ1v) is 9.86. The summed E-state index contributed by atoms with van der Waals surface area (Å²) in [6.45, 7) is 11.1. The van der Waals surface area contributed by atoms with Crippen LogP contribution in [0.15, 0.2) is 24.3 Å². The van der Waals surface area contributed by atoms with E-state index < -0.39 is 0 Å². The van der Waals surface area contributed by atoms with E-state index in [1.54, 1.807) is 0 Å². The quantitative estimate of drug-likeness (QED) is 0.438. The SMILES string of the molecule is CCCCCCN(CCCCCC)c1ccc(CNCC)cc1. The fraction of sp³-hybridized carbons (Fsp3) is 0.714. The van der Waals surface area contributed by atoms with Gasteiger partial charge in [0.1, 0.15) is 0 Å². The molecule has 0 saturated carbocycles. The van der Waals surface area contributed by atoms with Crippen LogP contribution < -0.4 is 10.2 Å². The molecule has 0 saturated heterocycles. The van der Waals surface area contributed by atoms with Crippen molar-refractivity contribution in [1.29, 1.82) is 0 Å². The Morgan fingerprint density at radius 2 is 1.30 bits per heavy atom. The number of nitrogens with one attached hydrogen (secondary N) is 1. The number of hydrogen-bond donors (Lipinski definition) is 1. The summed E-state index contributed by atoms with van der Waals surface area (Å²) in [6.07, 6.45) is 10.7. The van der Waals surface area contributed by atoms with Crippen molar-refractivity contribution in [3.63, 3.8) is 0 Å². The number of nitrogens with zero attached hydrogens (tertiary/aromatic N) is 1. The molecule has 0 fully saturated rings. The van der Waals surface area contributed by atoms with Gasteiger partial charge in [-0.05, 0) is 37.1 Å². The summed E-state index contributed by atoms with van der Waals surface area (Å²) >= 11 is 0. The van der Waals surface area contributed by atoms with Gasteiger partial charge in [0.05, 0.1) is 0 Å². The third kappa shape index (κ3) is 9.00. The topological polar surface area (TPSA) is 15.3 Å². The molecule has 0 atom stereocenters. The smallest absolute Gasteiger partial charge is 0.0366 e. The second kappa shape index (κ2) is 13.4. The Morgan fingerprint density at radius 1 is 0.739 bits per heavy atom. The molecule has 0 heterocycles. The van der Waals surface area contributed by atoms with Gasteiger partial charge in [0, 0.05) is 25.3 Å². The van der Waals surface area contributed by atoms with E-state index in [9.17, 15) is 0 Å². The minimum Gasteiger partial charge on any atom is -0.372 e. The summed E-state index contributed by atoms with van der Waals surface area (Å²) in [7, 11) is 0. The number of unbranched alkanes of at least 4 members (excludes halogenated alkanes) is 6. The molecular formula is C21H38N2. The van der Waals surface area contributed by atoms with Crippen LogP contribution in [0.1, 0.15) is 77.7 Å². The predicted octanol–water partition coefficient (Wildman–Crippen LogP) is 5.76. The molecule has 1 aromatic rings. The highest BCUT2D eigenvalue weighted by atomic mass is 15.1. The number of benzene rings is 1. The van der Waals surface area contributed by atoms with Crippen molar-refractivity contribution in [2.24, 2.45) is 0 Å². The van der Waals surface area contributed by atoms with E-state index in [0.29, 0.717) is 0 Å². The van der Waals surface area contributed by atoms with Crippen LogP contribution in [0.4, 0.5) is 5.69 Å². The summed E-state index contributed by atoms with van der Waals surface area (Å²) in [5.74, 6) is 0. The molecule has 0 amide bonds. The van der Waals surface area contributed by atoms with Gasteiger partial charge >= 0.3 is 0 Å². The maximum atomic E-state index is 3.40. The van der Waals surface area contributed by atoms with Crippen molar-refractivity contribution in [1.82, 2.24) is 5.32 Å². The van der Waals surface area contributed by atoms with E-state index in [1.165, 1.54) is 75.7 Å². The largest absolute Gasteiger partial charge is 0.372 e. The van der Waals surface area contributed by atoms with Crippen molar-refractivity contribution < 1.29 is 0 Å². The van der Waals surface area contributed by atoms with Crippen LogP contribution in [-0.2, 0) is 6.54 Å². The maximum Gasteiger partial charge on any atom is 0.0366 e. The summed E-state index contributed by atoms with van der Waals surface area (Å²) in [4.78, 5) is 2.60.